The number of amides is 2. The van der Waals surface area contributed by atoms with Crippen molar-refractivity contribution in [1.29, 1.82) is 5.26 Å². The Kier molecular flexibility index (Phi) is 4.53. The lowest BCUT2D eigenvalue weighted by Gasteiger charge is -2.02. The summed E-state index contributed by atoms with van der Waals surface area (Å²) in [5.74, 6) is -1.54. The standard InChI is InChI=1S/C9H11N5O2/c10-2-4-13-9(16)8(15)12-3-1-7-5-11-6-14-7/h5-6H,1,3-4H2,(H,11,14)(H,12,15)(H,13,16). The predicted molar refractivity (Wildman–Crippen MR) is 53.9 cm³/mol. The van der Waals surface area contributed by atoms with Gasteiger partial charge in [0.2, 0.25) is 0 Å². The first-order chi connectivity index (χ1) is 7.74. The smallest absolute Gasteiger partial charge is 0.310 e. The summed E-state index contributed by atoms with van der Waals surface area (Å²) in [7, 11) is 0. The zero-order valence-corrected chi connectivity index (χ0v) is 8.49. The Morgan fingerprint density at radius 2 is 2.19 bits per heavy atom. The highest BCUT2D eigenvalue weighted by molar-refractivity contribution is 6.35. The summed E-state index contributed by atoms with van der Waals surface area (Å²) in [6, 6.07) is 1.71. The molecule has 1 rings (SSSR count). The van der Waals surface area contributed by atoms with Gasteiger partial charge in [-0.2, -0.15) is 5.26 Å². The highest BCUT2D eigenvalue weighted by Gasteiger charge is 2.11. The van der Waals surface area contributed by atoms with Gasteiger partial charge in [-0.3, -0.25) is 9.59 Å². The fraction of sp³-hybridized carbons (Fsp3) is 0.333. The van der Waals surface area contributed by atoms with Gasteiger partial charge >= 0.3 is 11.8 Å². The first-order valence-electron chi connectivity index (χ1n) is 4.64. The average Bonchev–Trinajstić information content (AvgIpc) is 2.78. The van der Waals surface area contributed by atoms with E-state index in [1.54, 1.807) is 12.3 Å². The van der Waals surface area contributed by atoms with Gasteiger partial charge in [0.15, 0.2) is 0 Å². The van der Waals surface area contributed by atoms with E-state index in [4.69, 9.17) is 5.26 Å². The molecule has 16 heavy (non-hydrogen) atoms. The van der Waals surface area contributed by atoms with Crippen LogP contribution in [-0.2, 0) is 16.0 Å². The van der Waals surface area contributed by atoms with Crippen LogP contribution in [0, 0.1) is 11.3 Å². The average molecular weight is 221 g/mol. The highest BCUT2D eigenvalue weighted by Crippen LogP contribution is 1.90. The van der Waals surface area contributed by atoms with Gasteiger partial charge < -0.3 is 15.6 Å². The van der Waals surface area contributed by atoms with Crippen molar-refractivity contribution in [2.45, 2.75) is 6.42 Å². The number of imidazole rings is 1. The van der Waals surface area contributed by atoms with E-state index in [9.17, 15) is 9.59 Å². The van der Waals surface area contributed by atoms with E-state index in [-0.39, 0.29) is 6.54 Å². The van der Waals surface area contributed by atoms with Crippen LogP contribution in [0.25, 0.3) is 0 Å². The number of nitrogens with one attached hydrogen (secondary N) is 3. The molecule has 0 bridgehead atoms. The summed E-state index contributed by atoms with van der Waals surface area (Å²) in [4.78, 5) is 28.8. The van der Waals surface area contributed by atoms with E-state index >= 15 is 0 Å². The van der Waals surface area contributed by atoms with Crippen LogP contribution in [0.15, 0.2) is 12.5 Å². The lowest BCUT2D eigenvalue weighted by atomic mass is 10.3. The lowest BCUT2D eigenvalue weighted by Crippen LogP contribution is -2.40. The van der Waals surface area contributed by atoms with E-state index < -0.39 is 11.8 Å². The molecule has 0 saturated heterocycles. The lowest BCUT2D eigenvalue weighted by molar-refractivity contribution is -0.139. The summed E-state index contributed by atoms with van der Waals surface area (Å²) >= 11 is 0. The number of hydrogen-bond donors (Lipinski definition) is 3. The largest absolute Gasteiger partial charge is 0.348 e. The molecule has 0 aliphatic rings. The predicted octanol–water partition coefficient (Wildman–Crippen LogP) is -1.29. The van der Waals surface area contributed by atoms with Crippen molar-refractivity contribution in [2.75, 3.05) is 13.1 Å². The minimum Gasteiger partial charge on any atom is -0.348 e. The van der Waals surface area contributed by atoms with Crippen molar-refractivity contribution < 1.29 is 9.59 Å². The number of aromatic nitrogens is 2. The van der Waals surface area contributed by atoms with Gasteiger partial charge in [-0.1, -0.05) is 0 Å². The fourth-order valence-corrected chi connectivity index (χ4v) is 1.01. The molecule has 0 fully saturated rings. The second kappa shape index (κ2) is 6.19. The van der Waals surface area contributed by atoms with Crippen molar-refractivity contribution in [2.24, 2.45) is 0 Å². The second-order valence-electron chi connectivity index (χ2n) is 2.92. The van der Waals surface area contributed by atoms with Crippen molar-refractivity contribution in [3.63, 3.8) is 0 Å². The fourth-order valence-electron chi connectivity index (χ4n) is 1.01. The summed E-state index contributed by atoms with van der Waals surface area (Å²) in [6.45, 7) is 0.161. The first-order valence-corrected chi connectivity index (χ1v) is 4.64. The SMILES string of the molecule is N#CCNC(=O)C(=O)NCCc1cnc[nH]1. The number of aromatic amines is 1. The van der Waals surface area contributed by atoms with Crippen LogP contribution in [-0.4, -0.2) is 34.9 Å². The van der Waals surface area contributed by atoms with Crippen LogP contribution >= 0.6 is 0 Å². The van der Waals surface area contributed by atoms with Gasteiger partial charge in [-0.05, 0) is 0 Å². The van der Waals surface area contributed by atoms with Crippen molar-refractivity contribution in [3.05, 3.63) is 18.2 Å². The Hall–Kier alpha value is -2.36. The van der Waals surface area contributed by atoms with E-state index in [1.165, 1.54) is 6.33 Å². The molecule has 7 heteroatoms. The third-order valence-corrected chi connectivity index (χ3v) is 1.77. The summed E-state index contributed by atoms with van der Waals surface area (Å²) in [5, 5.41) is 12.8. The third-order valence-electron chi connectivity index (χ3n) is 1.77. The molecule has 0 spiro atoms. The van der Waals surface area contributed by atoms with Crippen molar-refractivity contribution in [1.82, 2.24) is 20.6 Å². The Morgan fingerprint density at radius 1 is 1.44 bits per heavy atom. The zero-order valence-electron chi connectivity index (χ0n) is 8.49. The van der Waals surface area contributed by atoms with Crippen LogP contribution in [0.5, 0.6) is 0 Å². The number of rotatable bonds is 4. The van der Waals surface area contributed by atoms with Gasteiger partial charge in [-0.25, -0.2) is 4.98 Å². The number of hydrogen-bond acceptors (Lipinski definition) is 4. The number of H-pyrrole nitrogens is 1. The monoisotopic (exact) mass is 221 g/mol. The van der Waals surface area contributed by atoms with Crippen LogP contribution in [0.1, 0.15) is 5.69 Å². The zero-order chi connectivity index (χ0) is 11.8. The van der Waals surface area contributed by atoms with Crippen molar-refractivity contribution >= 4 is 11.8 Å². The Morgan fingerprint density at radius 3 is 2.81 bits per heavy atom. The molecule has 0 atom stereocenters. The maximum atomic E-state index is 11.1. The summed E-state index contributed by atoms with van der Waals surface area (Å²) in [5.41, 5.74) is 0.873. The number of nitrogens with zero attached hydrogens (tertiary/aromatic N) is 2. The second-order valence-corrected chi connectivity index (χ2v) is 2.92. The molecular weight excluding hydrogens is 210 g/mol. The number of nitriles is 1. The van der Waals surface area contributed by atoms with Crippen LogP contribution in [0.3, 0.4) is 0 Å². The van der Waals surface area contributed by atoms with E-state index in [0.717, 1.165) is 5.69 Å². The molecule has 1 aromatic heterocycles. The van der Waals surface area contributed by atoms with E-state index in [1.807, 2.05) is 0 Å². The third kappa shape index (κ3) is 3.79. The van der Waals surface area contributed by atoms with Gasteiger partial charge in [-0.15, -0.1) is 0 Å². The maximum Gasteiger partial charge on any atom is 0.310 e. The van der Waals surface area contributed by atoms with Gasteiger partial charge in [0.25, 0.3) is 0 Å². The highest BCUT2D eigenvalue weighted by atomic mass is 16.2. The van der Waals surface area contributed by atoms with Gasteiger partial charge in [0.05, 0.1) is 12.4 Å². The molecule has 84 valence electrons. The van der Waals surface area contributed by atoms with Gasteiger partial charge in [0.1, 0.15) is 6.54 Å². The molecule has 0 aromatic carbocycles. The molecule has 0 radical (unpaired) electrons. The molecule has 7 nitrogen and oxygen atoms in total. The molecule has 0 aliphatic heterocycles. The number of carbonyl (C=O) groups excluding carboxylic acids is 2. The topological polar surface area (TPSA) is 111 Å². The van der Waals surface area contributed by atoms with Crippen LogP contribution in [0.4, 0.5) is 0 Å². The Balaban J connectivity index is 2.20. The molecule has 1 heterocycles. The summed E-state index contributed by atoms with van der Waals surface area (Å²) < 4.78 is 0. The minimum atomic E-state index is -0.800. The maximum absolute atomic E-state index is 11.1. The Labute approximate surface area is 91.9 Å². The summed E-state index contributed by atoms with van der Waals surface area (Å²) in [6.07, 6.45) is 3.75. The molecule has 0 saturated carbocycles. The van der Waals surface area contributed by atoms with Crippen LogP contribution < -0.4 is 10.6 Å². The first kappa shape index (κ1) is 11.7. The van der Waals surface area contributed by atoms with Crippen molar-refractivity contribution in [3.8, 4) is 6.07 Å². The Bertz CT molecular complexity index is 393. The van der Waals surface area contributed by atoms with E-state index in [2.05, 4.69) is 20.6 Å². The molecule has 3 N–H and O–H groups in total. The minimum absolute atomic E-state index is 0.174. The molecule has 1 aromatic rings. The van der Waals surface area contributed by atoms with E-state index in [0.29, 0.717) is 13.0 Å². The quantitative estimate of drug-likeness (QED) is 0.434. The number of carbonyl (C=O) groups is 2. The molecule has 2 amide bonds. The molecule has 0 unspecified atom stereocenters. The van der Waals surface area contributed by atoms with Gasteiger partial charge in [0, 0.05) is 24.9 Å². The molecular formula is C9H11N5O2. The van der Waals surface area contributed by atoms with Crippen LogP contribution in [0.2, 0.25) is 0 Å². The molecule has 0 aliphatic carbocycles. The normalized spacial score (nSPS) is 9.19.